The maximum Gasteiger partial charge on any atom is 0.332 e. The van der Waals surface area contributed by atoms with Crippen molar-refractivity contribution in [3.63, 3.8) is 0 Å². The number of hydrogen-bond acceptors (Lipinski definition) is 2. The molecule has 0 aliphatic carbocycles. The Morgan fingerprint density at radius 1 is 0.567 bits per heavy atom. The van der Waals surface area contributed by atoms with E-state index in [4.69, 9.17) is 5.73 Å². The van der Waals surface area contributed by atoms with Gasteiger partial charge < -0.3 is 5.73 Å². The van der Waals surface area contributed by atoms with Gasteiger partial charge in [0.15, 0.2) is 0 Å². The Hall–Kier alpha value is -1.06. The van der Waals surface area contributed by atoms with Gasteiger partial charge in [-0.25, -0.2) is 10.2 Å². The molecule has 30 heavy (non-hydrogen) atoms. The van der Waals surface area contributed by atoms with Gasteiger partial charge in [-0.15, -0.1) is 0 Å². The number of nitrogens with zero attached hydrogens (tertiary/aromatic N) is 1. The van der Waals surface area contributed by atoms with E-state index in [1.54, 1.807) is 0 Å². The summed E-state index contributed by atoms with van der Waals surface area (Å²) in [6.07, 6.45) is 28.9. The van der Waals surface area contributed by atoms with Crippen LogP contribution in [0.25, 0.3) is 0 Å². The molecule has 0 rings (SSSR count). The molecule has 0 atom stereocenters. The Bertz CT molecular complexity index is 396. The fourth-order valence-electron chi connectivity index (χ4n) is 4.00. The van der Waals surface area contributed by atoms with Gasteiger partial charge in [0.2, 0.25) is 0 Å². The van der Waals surface area contributed by atoms with Crippen LogP contribution in [0.4, 0.5) is 4.79 Å². The minimum absolute atomic E-state index is 0.559. The van der Waals surface area contributed by atoms with E-state index in [2.05, 4.69) is 24.4 Å². The molecule has 0 aromatic heterocycles. The first-order valence-electron chi connectivity index (χ1n) is 13.3. The van der Waals surface area contributed by atoms with Crippen LogP contribution in [-0.2, 0) is 0 Å². The number of hydrazone groups is 1. The lowest BCUT2D eigenvalue weighted by Crippen LogP contribution is -2.25. The van der Waals surface area contributed by atoms with Crippen molar-refractivity contribution in [3.8, 4) is 0 Å². The molecule has 0 bridgehead atoms. The zero-order chi connectivity index (χ0) is 22.1. The van der Waals surface area contributed by atoms with E-state index in [0.717, 1.165) is 18.6 Å². The summed E-state index contributed by atoms with van der Waals surface area (Å²) in [6, 6.07) is -0.559. The number of hydrogen-bond donors (Lipinski definition) is 2. The first-order valence-corrected chi connectivity index (χ1v) is 13.3. The molecule has 4 heteroatoms. The zero-order valence-corrected chi connectivity index (χ0v) is 20.5. The monoisotopic (exact) mass is 423 g/mol. The Morgan fingerprint density at radius 2 is 0.867 bits per heavy atom. The predicted octanol–water partition coefficient (Wildman–Crippen LogP) is 8.63. The molecular weight excluding hydrogens is 370 g/mol. The third-order valence-electron chi connectivity index (χ3n) is 5.96. The summed E-state index contributed by atoms with van der Waals surface area (Å²) in [5.74, 6) is 0. The average molecular weight is 424 g/mol. The Labute approximate surface area is 188 Å². The largest absolute Gasteiger partial charge is 0.350 e. The van der Waals surface area contributed by atoms with Crippen LogP contribution >= 0.6 is 0 Å². The molecule has 0 spiro atoms. The van der Waals surface area contributed by atoms with Gasteiger partial charge in [-0.1, -0.05) is 129 Å². The number of nitrogens with one attached hydrogen (secondary N) is 1. The molecule has 0 aromatic carbocycles. The quantitative estimate of drug-likeness (QED) is 0.0963. The van der Waals surface area contributed by atoms with E-state index in [1.165, 1.54) is 128 Å². The molecule has 178 valence electrons. The Kier molecular flexibility index (Phi) is 23.4. The number of urea groups is 1. The van der Waals surface area contributed by atoms with Crippen molar-refractivity contribution >= 4 is 11.7 Å². The summed E-state index contributed by atoms with van der Waals surface area (Å²) >= 11 is 0. The maximum atomic E-state index is 11.0. The normalized spacial score (nSPS) is 11.7. The SMILES string of the molecule is CCCCCCCCCCCCCCCCC(CCCCCCCC)=NNC(N)=O. The van der Waals surface area contributed by atoms with Gasteiger partial charge in [-0.05, 0) is 25.7 Å². The molecule has 2 amide bonds. The number of amides is 2. The molecular formula is C26H53N3O. The van der Waals surface area contributed by atoms with E-state index in [1.807, 2.05) is 0 Å². The predicted molar refractivity (Wildman–Crippen MR) is 133 cm³/mol. The third kappa shape index (κ3) is 23.2. The lowest BCUT2D eigenvalue weighted by molar-refractivity contribution is 0.249. The second kappa shape index (κ2) is 24.2. The van der Waals surface area contributed by atoms with E-state index in [0.29, 0.717) is 0 Å². The van der Waals surface area contributed by atoms with Crippen molar-refractivity contribution in [2.24, 2.45) is 10.8 Å². The van der Waals surface area contributed by atoms with Crippen molar-refractivity contribution in [2.45, 2.75) is 155 Å². The second-order valence-corrected chi connectivity index (χ2v) is 9.02. The summed E-state index contributed by atoms with van der Waals surface area (Å²) in [7, 11) is 0. The molecule has 0 saturated carbocycles. The Balaban J connectivity index is 3.61. The highest BCUT2D eigenvalue weighted by Gasteiger charge is 2.02. The van der Waals surface area contributed by atoms with E-state index >= 15 is 0 Å². The number of unbranched alkanes of at least 4 members (excludes halogenated alkanes) is 18. The molecule has 0 aliphatic rings. The lowest BCUT2D eigenvalue weighted by Gasteiger charge is -2.07. The van der Waals surface area contributed by atoms with Crippen LogP contribution in [0, 0.1) is 0 Å². The average Bonchev–Trinajstić information content (AvgIpc) is 2.73. The molecule has 4 nitrogen and oxygen atoms in total. The lowest BCUT2D eigenvalue weighted by atomic mass is 10.0. The van der Waals surface area contributed by atoms with Gasteiger partial charge in [0.25, 0.3) is 0 Å². The summed E-state index contributed by atoms with van der Waals surface area (Å²) < 4.78 is 0. The minimum atomic E-state index is -0.559. The minimum Gasteiger partial charge on any atom is -0.350 e. The summed E-state index contributed by atoms with van der Waals surface area (Å²) in [5.41, 5.74) is 8.72. The van der Waals surface area contributed by atoms with Crippen molar-refractivity contribution in [3.05, 3.63) is 0 Å². The third-order valence-corrected chi connectivity index (χ3v) is 5.96. The summed E-state index contributed by atoms with van der Waals surface area (Å²) in [4.78, 5) is 11.0. The van der Waals surface area contributed by atoms with Crippen LogP contribution in [0.1, 0.15) is 155 Å². The Morgan fingerprint density at radius 3 is 1.17 bits per heavy atom. The highest BCUT2D eigenvalue weighted by molar-refractivity contribution is 5.85. The van der Waals surface area contributed by atoms with Crippen molar-refractivity contribution in [1.82, 2.24) is 5.43 Å². The van der Waals surface area contributed by atoms with Crippen LogP contribution in [0.15, 0.2) is 5.10 Å². The van der Waals surface area contributed by atoms with Crippen LogP contribution in [0.2, 0.25) is 0 Å². The van der Waals surface area contributed by atoms with Crippen LogP contribution in [-0.4, -0.2) is 11.7 Å². The first kappa shape index (κ1) is 28.9. The molecule has 0 fully saturated rings. The van der Waals surface area contributed by atoms with Crippen LogP contribution in [0.5, 0.6) is 0 Å². The molecule has 3 N–H and O–H groups in total. The highest BCUT2D eigenvalue weighted by Crippen LogP contribution is 2.15. The van der Waals surface area contributed by atoms with Crippen molar-refractivity contribution in [2.75, 3.05) is 0 Å². The van der Waals surface area contributed by atoms with Gasteiger partial charge >= 0.3 is 6.03 Å². The fourth-order valence-corrected chi connectivity index (χ4v) is 4.00. The van der Waals surface area contributed by atoms with Gasteiger partial charge in [0.05, 0.1) is 0 Å². The molecule has 0 saturated heterocycles. The second-order valence-electron chi connectivity index (χ2n) is 9.02. The molecule has 0 aromatic rings. The van der Waals surface area contributed by atoms with Crippen molar-refractivity contribution < 1.29 is 4.79 Å². The van der Waals surface area contributed by atoms with Gasteiger partial charge in [-0.3, -0.25) is 0 Å². The van der Waals surface area contributed by atoms with E-state index in [9.17, 15) is 4.79 Å². The van der Waals surface area contributed by atoms with Crippen molar-refractivity contribution in [1.29, 1.82) is 0 Å². The standard InChI is InChI=1S/C26H53N3O/c1-3-5-7-9-11-12-13-14-15-16-17-18-20-22-24-25(28-29-26(27)30)23-21-19-10-8-6-4-2/h3-24H2,1-2H3,(H3,27,29,30). The zero-order valence-electron chi connectivity index (χ0n) is 20.5. The summed E-state index contributed by atoms with van der Waals surface area (Å²) in [6.45, 7) is 4.53. The van der Waals surface area contributed by atoms with Gasteiger partial charge in [0, 0.05) is 5.71 Å². The van der Waals surface area contributed by atoms with Gasteiger partial charge in [0.1, 0.15) is 0 Å². The molecule has 0 heterocycles. The topological polar surface area (TPSA) is 67.5 Å². The van der Waals surface area contributed by atoms with Crippen LogP contribution in [0.3, 0.4) is 0 Å². The number of rotatable bonds is 23. The number of primary amides is 1. The highest BCUT2D eigenvalue weighted by atomic mass is 16.2. The summed E-state index contributed by atoms with van der Waals surface area (Å²) in [5, 5.41) is 4.25. The van der Waals surface area contributed by atoms with Gasteiger partial charge in [-0.2, -0.15) is 5.10 Å². The van der Waals surface area contributed by atoms with Crippen LogP contribution < -0.4 is 11.2 Å². The fraction of sp³-hybridized carbons (Fsp3) is 0.923. The molecule has 0 radical (unpaired) electrons. The first-order chi connectivity index (χ1) is 14.7. The van der Waals surface area contributed by atoms with E-state index in [-0.39, 0.29) is 0 Å². The number of carbonyl (C=O) groups is 1. The smallest absolute Gasteiger partial charge is 0.332 e. The van der Waals surface area contributed by atoms with E-state index < -0.39 is 6.03 Å². The molecule has 0 aliphatic heterocycles. The number of carbonyl (C=O) groups excluding carboxylic acids is 1. The number of nitrogens with two attached hydrogens (primary N) is 1. The molecule has 0 unspecified atom stereocenters. The maximum absolute atomic E-state index is 11.0.